The molecule has 0 radical (unpaired) electrons. The molecule has 2 aliphatic carbocycles. The molecule has 144 valence electrons. The Hall–Kier alpha value is -2.25. The van der Waals surface area contributed by atoms with Crippen molar-refractivity contribution in [2.75, 3.05) is 38.1 Å². The molecule has 3 N–H and O–H groups in total. The van der Waals surface area contributed by atoms with Crippen molar-refractivity contribution >= 4 is 11.5 Å². The molecule has 4 rings (SSSR count). The van der Waals surface area contributed by atoms with E-state index < -0.39 is 0 Å². The summed E-state index contributed by atoms with van der Waals surface area (Å²) in [4.78, 5) is 13.3. The van der Waals surface area contributed by atoms with Crippen LogP contribution in [0.4, 0.5) is 5.82 Å². The molecule has 1 aliphatic heterocycles. The minimum atomic E-state index is -0.0286. The van der Waals surface area contributed by atoms with Crippen LogP contribution in [0.25, 0.3) is 0 Å². The highest BCUT2D eigenvalue weighted by atomic mass is 16.5. The SMILES string of the molecule is CN1CCN(c2cc(C(=N)C3=CC(OC4(C)CC4)CC=C3N)ncn2)CC1. The van der Waals surface area contributed by atoms with Gasteiger partial charge in [-0.05, 0) is 39.3 Å². The Bertz CT molecular complexity index is 789. The number of piperazine rings is 1. The van der Waals surface area contributed by atoms with E-state index in [2.05, 4.69) is 33.7 Å². The minimum Gasteiger partial charge on any atom is -0.398 e. The molecular weight excluding hydrogens is 340 g/mol. The van der Waals surface area contributed by atoms with E-state index in [1.165, 1.54) is 0 Å². The zero-order valence-electron chi connectivity index (χ0n) is 16.1. The van der Waals surface area contributed by atoms with Gasteiger partial charge in [-0.3, -0.25) is 5.41 Å². The number of nitrogens with two attached hydrogens (primary N) is 1. The molecule has 7 heteroatoms. The van der Waals surface area contributed by atoms with E-state index in [1.807, 2.05) is 18.2 Å². The first kappa shape index (κ1) is 18.1. The standard InChI is InChI=1S/C20H28N6O/c1-20(5-6-20)27-14-3-4-16(21)15(11-14)19(22)17-12-18(24-13-23-17)26-9-7-25(2)8-10-26/h4,11-14,22H,3,5-10,21H2,1-2H3. The predicted molar refractivity (Wildman–Crippen MR) is 106 cm³/mol. The van der Waals surface area contributed by atoms with Crippen LogP contribution in [0, 0.1) is 5.41 Å². The first-order chi connectivity index (χ1) is 12.9. The second kappa shape index (κ2) is 7.05. The van der Waals surface area contributed by atoms with Crippen LogP contribution in [-0.4, -0.2) is 65.5 Å². The summed E-state index contributed by atoms with van der Waals surface area (Å²) in [6.07, 6.45) is 8.42. The molecule has 1 saturated carbocycles. The Kier molecular flexibility index (Phi) is 4.74. The largest absolute Gasteiger partial charge is 0.398 e. The molecule has 7 nitrogen and oxygen atoms in total. The maximum absolute atomic E-state index is 8.67. The molecule has 2 heterocycles. The number of likely N-dealkylation sites (N-methyl/N-ethyl adjacent to an activating group) is 1. The fourth-order valence-corrected chi connectivity index (χ4v) is 3.50. The maximum Gasteiger partial charge on any atom is 0.132 e. The molecule has 1 atom stereocenters. The van der Waals surface area contributed by atoms with Gasteiger partial charge in [0.05, 0.1) is 23.1 Å². The van der Waals surface area contributed by atoms with Crippen LogP contribution < -0.4 is 10.6 Å². The highest BCUT2D eigenvalue weighted by Crippen LogP contribution is 2.41. The zero-order valence-corrected chi connectivity index (χ0v) is 16.1. The van der Waals surface area contributed by atoms with Crippen LogP contribution in [-0.2, 0) is 4.74 Å². The van der Waals surface area contributed by atoms with Gasteiger partial charge in [0.15, 0.2) is 0 Å². The molecule has 1 unspecified atom stereocenters. The molecule has 0 bridgehead atoms. The average Bonchev–Trinajstić information content (AvgIpc) is 3.40. The van der Waals surface area contributed by atoms with Crippen LogP contribution in [0.1, 0.15) is 31.9 Å². The van der Waals surface area contributed by atoms with E-state index >= 15 is 0 Å². The van der Waals surface area contributed by atoms with Gasteiger partial charge in [0.25, 0.3) is 0 Å². The molecule has 2 fully saturated rings. The Morgan fingerprint density at radius 3 is 2.70 bits per heavy atom. The van der Waals surface area contributed by atoms with Crippen LogP contribution >= 0.6 is 0 Å². The Morgan fingerprint density at radius 1 is 1.26 bits per heavy atom. The molecule has 0 spiro atoms. The number of hydrogen-bond donors (Lipinski definition) is 2. The molecular formula is C20H28N6O. The summed E-state index contributed by atoms with van der Waals surface area (Å²) < 4.78 is 6.16. The van der Waals surface area contributed by atoms with Crippen LogP contribution in [0.5, 0.6) is 0 Å². The van der Waals surface area contributed by atoms with E-state index in [4.69, 9.17) is 15.9 Å². The fourth-order valence-electron chi connectivity index (χ4n) is 3.50. The number of ether oxygens (including phenoxy) is 1. The first-order valence-electron chi connectivity index (χ1n) is 9.64. The molecule has 1 aromatic heterocycles. The van der Waals surface area contributed by atoms with Crippen LogP contribution in [0.3, 0.4) is 0 Å². The number of hydrogen-bond acceptors (Lipinski definition) is 7. The van der Waals surface area contributed by atoms with Crippen molar-refractivity contribution in [2.24, 2.45) is 5.73 Å². The van der Waals surface area contributed by atoms with Crippen molar-refractivity contribution in [3.05, 3.63) is 41.5 Å². The third-order valence-electron chi connectivity index (χ3n) is 5.63. The van der Waals surface area contributed by atoms with Crippen molar-refractivity contribution in [1.29, 1.82) is 5.41 Å². The van der Waals surface area contributed by atoms with Gasteiger partial charge in [-0.2, -0.15) is 0 Å². The van der Waals surface area contributed by atoms with Crippen molar-refractivity contribution in [3.8, 4) is 0 Å². The summed E-state index contributed by atoms with van der Waals surface area (Å²) in [5.74, 6) is 0.870. The molecule has 1 saturated heterocycles. The fraction of sp³-hybridized carbons (Fsp3) is 0.550. The summed E-state index contributed by atoms with van der Waals surface area (Å²) in [5.41, 5.74) is 8.45. The van der Waals surface area contributed by atoms with Crippen LogP contribution in [0.2, 0.25) is 0 Å². The lowest BCUT2D eigenvalue weighted by Crippen LogP contribution is -2.44. The van der Waals surface area contributed by atoms with Gasteiger partial charge in [0.2, 0.25) is 0 Å². The molecule has 0 aromatic carbocycles. The van der Waals surface area contributed by atoms with Crippen molar-refractivity contribution in [2.45, 2.75) is 37.9 Å². The van der Waals surface area contributed by atoms with Crippen molar-refractivity contribution in [3.63, 3.8) is 0 Å². The minimum absolute atomic E-state index is 0.00207. The number of nitrogens with one attached hydrogen (secondary N) is 1. The summed E-state index contributed by atoms with van der Waals surface area (Å²) in [7, 11) is 2.13. The Morgan fingerprint density at radius 2 is 2.00 bits per heavy atom. The van der Waals surface area contributed by atoms with Crippen molar-refractivity contribution in [1.82, 2.24) is 14.9 Å². The summed E-state index contributed by atoms with van der Waals surface area (Å²) >= 11 is 0. The van der Waals surface area contributed by atoms with Crippen molar-refractivity contribution < 1.29 is 4.74 Å². The first-order valence-corrected chi connectivity index (χ1v) is 9.64. The number of rotatable bonds is 5. The quantitative estimate of drug-likeness (QED) is 0.769. The average molecular weight is 368 g/mol. The molecule has 27 heavy (non-hydrogen) atoms. The third-order valence-corrected chi connectivity index (χ3v) is 5.63. The lowest BCUT2D eigenvalue weighted by atomic mass is 9.95. The molecule has 0 amide bonds. The smallest absolute Gasteiger partial charge is 0.132 e. The maximum atomic E-state index is 8.67. The number of anilines is 1. The van der Waals surface area contributed by atoms with Gasteiger partial charge in [0.1, 0.15) is 12.1 Å². The second-order valence-corrected chi connectivity index (χ2v) is 8.01. The van der Waals surface area contributed by atoms with Gasteiger partial charge in [-0.25, -0.2) is 9.97 Å². The molecule has 1 aromatic rings. The zero-order chi connectivity index (χ0) is 19.0. The number of allylic oxidation sites excluding steroid dienone is 1. The van der Waals surface area contributed by atoms with Gasteiger partial charge in [-0.1, -0.05) is 6.08 Å². The van der Waals surface area contributed by atoms with E-state index in [1.54, 1.807) is 6.33 Å². The van der Waals surface area contributed by atoms with Gasteiger partial charge >= 0.3 is 0 Å². The summed E-state index contributed by atoms with van der Waals surface area (Å²) in [6.45, 7) is 6.02. The number of nitrogens with zero attached hydrogens (tertiary/aromatic N) is 4. The predicted octanol–water partition coefficient (Wildman–Crippen LogP) is 1.71. The normalized spacial score (nSPS) is 25.0. The Balaban J connectivity index is 1.52. The summed E-state index contributed by atoms with van der Waals surface area (Å²) in [5, 5.41) is 8.67. The Labute approximate surface area is 160 Å². The highest BCUT2D eigenvalue weighted by Gasteiger charge is 2.40. The molecule has 3 aliphatic rings. The van der Waals surface area contributed by atoms with Gasteiger partial charge in [0, 0.05) is 43.5 Å². The van der Waals surface area contributed by atoms with Gasteiger partial charge < -0.3 is 20.3 Å². The van der Waals surface area contributed by atoms with E-state index in [0.717, 1.165) is 51.3 Å². The lowest BCUT2D eigenvalue weighted by molar-refractivity contribution is 0.00691. The topological polar surface area (TPSA) is 91.4 Å². The van der Waals surface area contributed by atoms with E-state index in [9.17, 15) is 0 Å². The third kappa shape index (κ3) is 4.04. The highest BCUT2D eigenvalue weighted by molar-refractivity contribution is 6.12. The second-order valence-electron chi connectivity index (χ2n) is 8.01. The monoisotopic (exact) mass is 368 g/mol. The number of aromatic nitrogens is 2. The summed E-state index contributed by atoms with van der Waals surface area (Å²) in [6, 6.07) is 1.90. The van der Waals surface area contributed by atoms with Crippen LogP contribution in [0.15, 0.2) is 35.8 Å². The van der Waals surface area contributed by atoms with E-state index in [0.29, 0.717) is 22.7 Å². The van der Waals surface area contributed by atoms with Gasteiger partial charge in [-0.15, -0.1) is 0 Å². The van der Waals surface area contributed by atoms with E-state index in [-0.39, 0.29) is 11.7 Å². The lowest BCUT2D eigenvalue weighted by Gasteiger charge is -2.33.